The second kappa shape index (κ2) is 60.4. The van der Waals surface area contributed by atoms with Crippen LogP contribution in [0.3, 0.4) is 0 Å². The van der Waals surface area contributed by atoms with E-state index in [2.05, 4.69) is 109 Å². The van der Waals surface area contributed by atoms with Crippen LogP contribution in [-0.2, 0) is 19.1 Å². The zero-order chi connectivity index (χ0) is 105. The number of carboxylic acids is 1. The molecular formula is C107H112BrCl2F8MgN17NiO7Si2. The van der Waals surface area contributed by atoms with Gasteiger partial charge in [0.1, 0.15) is 86.6 Å². The smallest absolute Gasteiger partial charge is 2.00 e. The molecule has 39 heteroatoms. The molecule has 0 radical (unpaired) electrons. The fourth-order valence-corrected chi connectivity index (χ4v) is 24.7. The quantitative estimate of drug-likeness (QED) is 0.00435. The number of nitrogens with zero attached hydrogens (tertiary/aromatic N) is 10. The molecule has 764 valence electrons. The fourth-order valence-electron chi connectivity index (χ4n) is 14.8. The zero-order valence-electron chi connectivity index (χ0n) is 81.5. The molecule has 2 saturated carbocycles. The number of carboxylic acid groups (broad SMARTS) is 1. The molecule has 2 aliphatic carbocycles. The van der Waals surface area contributed by atoms with Gasteiger partial charge in [0.25, 0.3) is 5.91 Å². The Morgan fingerprint density at radius 3 is 1.40 bits per heavy atom. The number of aromatic carboxylic acids is 1. The Kier molecular flexibility index (Phi) is 50.5. The zero-order valence-corrected chi connectivity index (χ0v) is 89.0. The molecule has 0 aliphatic heterocycles. The third-order valence-corrected chi connectivity index (χ3v) is 28.6. The largest absolute Gasteiger partial charge is 2.00 e. The van der Waals surface area contributed by atoms with Gasteiger partial charge in [-0.05, 0) is 227 Å². The molecule has 1 amide bonds. The molecule has 3 unspecified atom stereocenters. The topological polar surface area (TPSA) is 358 Å². The maximum absolute atomic E-state index is 14.8. The average molecular weight is 2190 g/mol. The van der Waals surface area contributed by atoms with Gasteiger partial charge in [-0.25, -0.2) is 63.7 Å². The van der Waals surface area contributed by atoms with E-state index in [9.17, 15) is 64.5 Å². The molecule has 14 aromatic rings. The van der Waals surface area contributed by atoms with Gasteiger partial charge in [0.2, 0.25) is 0 Å². The van der Waals surface area contributed by atoms with Crippen LogP contribution in [0.4, 0.5) is 63.6 Å². The summed E-state index contributed by atoms with van der Waals surface area (Å²) >= 11 is 0.569. The van der Waals surface area contributed by atoms with Crippen molar-refractivity contribution in [2.24, 2.45) is 29.0 Å². The van der Waals surface area contributed by atoms with E-state index in [1.807, 2.05) is 43.3 Å². The number of aliphatic hydroxyl groups excluding tert-OH is 2. The number of nitrogens with one attached hydrogen (secondary N) is 3. The Morgan fingerprint density at radius 1 is 0.555 bits per heavy atom. The summed E-state index contributed by atoms with van der Waals surface area (Å²) in [4.78, 5) is 54.3. The van der Waals surface area contributed by atoms with Gasteiger partial charge >= 0.3 is 62.1 Å². The van der Waals surface area contributed by atoms with Crippen LogP contribution in [0.15, 0.2) is 261 Å². The normalized spacial score (nSPS) is 12.1. The van der Waals surface area contributed by atoms with E-state index in [0.29, 0.717) is 117 Å². The number of nitriles is 1. The SMILES string of the molecule is C[Si](C)(C)N(c1c[c-]ccc1)[Si](C)(C)C.Cc1cc(C(=O)O)n(-c2cccc(C#N)c2)n1.NCC1CC1.NCCNCCN.Nc1cccc(C(O)c2c(F)cccc2F)c1.O=Cc1c(F)cccc1F.[Br-].[C-]#[N+]c1cccc(-n2nc(C)cc2C(=O)Cc2cccc(C(NCC3CC3)c3c(F)cccc3F)c2)c1.[C-]#[N+]c1cccc(-n2nc(C)cc2C(=O)Nc2cccc(C(O)c3c(F)cccc3F)c2)c1.[Cl][Ni][Cl].[Mg+2]. The van der Waals surface area contributed by atoms with Crippen molar-refractivity contribution >= 4 is 112 Å². The molecule has 3 atom stereocenters. The molecule has 24 nitrogen and oxygen atoms in total. The van der Waals surface area contributed by atoms with E-state index in [1.165, 1.54) is 88.6 Å². The molecule has 14 N–H and O–H groups in total. The summed E-state index contributed by atoms with van der Waals surface area (Å²) in [6, 6.07) is 71.8. The van der Waals surface area contributed by atoms with E-state index in [-0.39, 0.29) is 86.6 Å². The van der Waals surface area contributed by atoms with Crippen LogP contribution in [0.5, 0.6) is 0 Å². The number of carbonyl (C=O) groups excluding carboxylic acids is 3. The molecule has 0 spiro atoms. The van der Waals surface area contributed by atoms with Crippen LogP contribution in [0.25, 0.3) is 26.8 Å². The van der Waals surface area contributed by atoms with Gasteiger partial charge in [0.05, 0.1) is 81.7 Å². The number of anilines is 3. The molecule has 3 heterocycles. The summed E-state index contributed by atoms with van der Waals surface area (Å²) in [5.74, 6) is -6.37. The van der Waals surface area contributed by atoms with Crippen LogP contribution < -0.4 is 60.1 Å². The molecular weight excluding hydrogens is 2080 g/mol. The Hall–Kier alpha value is -12.7. The first kappa shape index (κ1) is 122. The van der Waals surface area contributed by atoms with Gasteiger partial charge in [-0.2, -0.15) is 50.9 Å². The Morgan fingerprint density at radius 2 is 0.973 bits per heavy atom. The summed E-state index contributed by atoms with van der Waals surface area (Å²) in [5.41, 5.74) is 29.6. The molecule has 3 aromatic heterocycles. The van der Waals surface area contributed by atoms with Gasteiger partial charge in [0.15, 0.2) is 29.1 Å². The number of ketones is 1. The molecule has 16 rings (SSSR count). The first-order chi connectivity index (χ1) is 68.7. The van der Waals surface area contributed by atoms with Crippen LogP contribution in [0.2, 0.25) is 39.3 Å². The van der Waals surface area contributed by atoms with E-state index in [1.54, 1.807) is 134 Å². The minimum Gasteiger partial charge on any atom is 2.00 e. The molecule has 2 aliphatic rings. The molecule has 0 bridgehead atoms. The van der Waals surface area contributed by atoms with Crippen molar-refractivity contribution in [2.75, 3.05) is 54.6 Å². The van der Waals surface area contributed by atoms with Crippen LogP contribution >= 0.6 is 20.4 Å². The number of halogens is 11. The maximum Gasteiger partial charge on any atom is 2.00 e. The number of aryl methyl sites for hydroxylation is 3. The summed E-state index contributed by atoms with van der Waals surface area (Å²) < 4.78 is 116. The van der Waals surface area contributed by atoms with Crippen molar-refractivity contribution in [1.29, 1.82) is 5.26 Å². The van der Waals surface area contributed by atoms with Gasteiger partial charge in [-0.15, -0.1) is 0 Å². The number of carbonyl (C=O) groups is 4. The number of benzene rings is 11. The third kappa shape index (κ3) is 37.4. The van der Waals surface area contributed by atoms with E-state index in [0.717, 1.165) is 80.4 Å². The summed E-state index contributed by atoms with van der Waals surface area (Å²) in [7, 11) is 6.83. The number of hydrogen-bond acceptors (Lipinski definition) is 17. The summed E-state index contributed by atoms with van der Waals surface area (Å²) in [6.45, 7) is 38.9. The first-order valence-electron chi connectivity index (χ1n) is 45.2. The van der Waals surface area contributed by atoms with Crippen LogP contribution in [0.1, 0.15) is 147 Å². The van der Waals surface area contributed by atoms with E-state index >= 15 is 0 Å². The van der Waals surface area contributed by atoms with Crippen molar-refractivity contribution in [1.82, 2.24) is 40.0 Å². The number of nitrogens with two attached hydrogens (primary N) is 4. The van der Waals surface area contributed by atoms with Gasteiger partial charge < -0.3 is 75.4 Å². The van der Waals surface area contributed by atoms with E-state index in [4.69, 9.17) is 66.8 Å². The second-order valence-electron chi connectivity index (χ2n) is 34.8. The Bertz CT molecular complexity index is 6690. The number of Topliss-reactive ketones (excluding diaryl/α,β-unsaturated/α-hetero) is 1. The number of aromatic nitrogens is 6. The third-order valence-electron chi connectivity index (χ3n) is 21.4. The maximum atomic E-state index is 14.8. The molecule has 0 saturated heterocycles. The van der Waals surface area contributed by atoms with E-state index < -0.39 is 104 Å². The van der Waals surface area contributed by atoms with Gasteiger partial charge in [-0.1, -0.05) is 148 Å². The minimum absolute atomic E-state index is 0. The Balaban J connectivity index is 0.000000271. The summed E-state index contributed by atoms with van der Waals surface area (Å²) in [6.07, 6.45) is 2.33. The first-order valence-corrected chi connectivity index (χ1v) is 54.9. The minimum atomic E-state index is -1.55. The second-order valence-corrected chi connectivity index (χ2v) is 46.5. The van der Waals surface area contributed by atoms with Crippen molar-refractivity contribution in [3.63, 3.8) is 0 Å². The number of aliphatic hydroxyl groups is 2. The van der Waals surface area contributed by atoms with Crippen molar-refractivity contribution in [3.05, 3.63) is 421 Å². The molecule has 2 fully saturated rings. The predicted molar refractivity (Wildman–Crippen MR) is 555 cm³/mol. The number of hydrogen-bond donors (Lipinski definition) is 10. The van der Waals surface area contributed by atoms with Crippen LogP contribution in [-0.4, -0.2) is 147 Å². The number of amides is 1. The number of rotatable bonds is 27. The fraction of sp³-hybridized carbons (Fsp3) is 0.234. The monoisotopic (exact) mass is 2190 g/mol. The molecule has 11 aromatic carbocycles. The van der Waals surface area contributed by atoms with Crippen molar-refractivity contribution in [2.45, 2.75) is 110 Å². The predicted octanol–water partition coefficient (Wildman–Crippen LogP) is 18.8. The average Bonchev–Trinajstić information content (AvgIpc) is 1.81. The van der Waals surface area contributed by atoms with Gasteiger partial charge in [0, 0.05) is 49.5 Å². The number of nitrogen functional groups attached to an aromatic ring is 1. The van der Waals surface area contributed by atoms with Crippen molar-refractivity contribution in [3.8, 4) is 23.1 Å². The molecule has 146 heavy (non-hydrogen) atoms. The van der Waals surface area contributed by atoms with Crippen molar-refractivity contribution < 1.29 is 99.3 Å². The number of aldehydes is 1. The van der Waals surface area contributed by atoms with Gasteiger partial charge in [-0.3, -0.25) is 14.4 Å². The van der Waals surface area contributed by atoms with Crippen LogP contribution in [0, 0.1) is 110 Å². The summed E-state index contributed by atoms with van der Waals surface area (Å²) in [5, 5.41) is 60.4. The Labute approximate surface area is 887 Å². The standard InChI is InChI=1S/C30H26F2N4O.C25H18F2N4O2.C13H11F2NO.C12H9N3O2.C12H22NSi2.C7H4F2O.C4H13N3.C4H9N.BrH.2ClH.Mg.Ni/c1-19-14-27(36(35-19)24-9-4-8-23(17-24)33-2)28(37)16-21-6-3-7-22(15-21)30(34-18-20-12-13-20)29-25(31)10-5-11-26(29)32;1-15-12-22(31(30-15)19-9-4-7-17(14-19)28-2)25(33)29-18-8-3-6-16(13-18)24(32)23-20(26)10-5-11-21(23)27;14-10-5-2-6-11(15)12(10)13(17)8-3-1-4-9(16)7-8;1-8-5-11(12(16)17)15(14-8)10-4-2-3-9(6-10)7-13;1-14(2,3)13(15(4,5)6)12-10-8-7-9-11-12;8-6-2-1-3-7(9)5(6)4-10;5-1-3-7-4-2-6;5-3-4-1-2-4;;;;;/h3-11,14-15,17,20,30,34H,12-13,16,18H2,1H3;3-14,24,32H,1H3,(H,29,33);1-7,13,17H,16H2;2-6H,1H3,(H,16,17);7-8,10-11H,1-6H3;1-4H;7H,1-6H2;4H,1-3,5H2;3*1H;;/q;;;;-1;;;;;;;2*+2/p-3.